The molecule has 1 saturated heterocycles. The highest BCUT2D eigenvalue weighted by atomic mass is 16.2. The van der Waals surface area contributed by atoms with E-state index in [9.17, 15) is 14.4 Å². The van der Waals surface area contributed by atoms with Crippen molar-refractivity contribution in [1.29, 1.82) is 0 Å². The number of carbonyl (C=O) groups excluding carboxylic acids is 2. The lowest BCUT2D eigenvalue weighted by molar-refractivity contribution is -0.131. The summed E-state index contributed by atoms with van der Waals surface area (Å²) < 4.78 is 1.50. The molecule has 1 atom stereocenters. The number of amides is 3. The van der Waals surface area contributed by atoms with Gasteiger partial charge in [0.1, 0.15) is 11.2 Å². The SMILES string of the molecule is CCCc1ccc(C2(C)NC(=O)N(Cc3cc(=O)n4c(C)cccc4n3)C2=O)cc1. The smallest absolute Gasteiger partial charge is 0.319 e. The summed E-state index contributed by atoms with van der Waals surface area (Å²) in [7, 11) is 0. The lowest BCUT2D eigenvalue weighted by Crippen LogP contribution is -2.40. The highest BCUT2D eigenvalue weighted by Gasteiger charge is 2.49. The molecule has 30 heavy (non-hydrogen) atoms. The second kappa shape index (κ2) is 7.40. The van der Waals surface area contributed by atoms with E-state index < -0.39 is 11.6 Å². The van der Waals surface area contributed by atoms with Gasteiger partial charge in [0.25, 0.3) is 11.5 Å². The quantitative estimate of drug-likeness (QED) is 0.663. The number of benzene rings is 1. The molecule has 1 aliphatic rings. The molecule has 1 aromatic carbocycles. The van der Waals surface area contributed by atoms with E-state index in [2.05, 4.69) is 17.2 Å². The Balaban J connectivity index is 1.63. The highest BCUT2D eigenvalue weighted by Crippen LogP contribution is 2.30. The number of fused-ring (bicyclic) bond motifs is 1. The molecule has 7 nitrogen and oxygen atoms in total. The van der Waals surface area contributed by atoms with Crippen molar-refractivity contribution in [2.24, 2.45) is 0 Å². The maximum atomic E-state index is 13.2. The van der Waals surface area contributed by atoms with Gasteiger partial charge in [-0.1, -0.05) is 43.7 Å². The number of hydrogen-bond donors (Lipinski definition) is 1. The third kappa shape index (κ3) is 3.26. The first kappa shape index (κ1) is 19.8. The van der Waals surface area contributed by atoms with Gasteiger partial charge in [-0.15, -0.1) is 0 Å². The zero-order valence-corrected chi connectivity index (χ0v) is 17.3. The Kier molecular flexibility index (Phi) is 4.89. The lowest BCUT2D eigenvalue weighted by Gasteiger charge is -2.22. The fourth-order valence-electron chi connectivity index (χ4n) is 3.94. The Labute approximate surface area is 174 Å². The molecule has 1 aliphatic heterocycles. The number of carbonyl (C=O) groups is 2. The van der Waals surface area contributed by atoms with Gasteiger partial charge in [0, 0.05) is 11.8 Å². The summed E-state index contributed by atoms with van der Waals surface area (Å²) in [6, 6.07) is 14.0. The van der Waals surface area contributed by atoms with Crippen molar-refractivity contribution in [3.8, 4) is 0 Å². The minimum Gasteiger partial charge on any atom is -0.319 e. The Morgan fingerprint density at radius 3 is 2.50 bits per heavy atom. The molecule has 1 fully saturated rings. The van der Waals surface area contributed by atoms with E-state index in [-0.39, 0.29) is 18.0 Å². The van der Waals surface area contributed by atoms with Crippen LogP contribution in [0.2, 0.25) is 0 Å². The van der Waals surface area contributed by atoms with Crippen LogP contribution in [-0.4, -0.2) is 26.2 Å². The molecule has 2 aromatic heterocycles. The van der Waals surface area contributed by atoms with E-state index in [1.54, 1.807) is 13.0 Å². The molecule has 0 radical (unpaired) electrons. The Hall–Kier alpha value is -3.48. The zero-order chi connectivity index (χ0) is 21.5. The molecular formula is C23H24N4O3. The van der Waals surface area contributed by atoms with Gasteiger partial charge in [-0.25, -0.2) is 9.78 Å². The molecule has 4 rings (SSSR count). The summed E-state index contributed by atoms with van der Waals surface area (Å²) in [6.45, 7) is 5.58. The van der Waals surface area contributed by atoms with E-state index in [0.29, 0.717) is 11.3 Å². The molecule has 3 amide bonds. The molecule has 0 spiro atoms. The number of hydrogen-bond acceptors (Lipinski definition) is 4. The second-order valence-electron chi connectivity index (χ2n) is 7.84. The largest absolute Gasteiger partial charge is 0.325 e. The van der Waals surface area contributed by atoms with Gasteiger partial charge in [0.05, 0.1) is 12.2 Å². The van der Waals surface area contributed by atoms with Crippen molar-refractivity contribution in [3.63, 3.8) is 0 Å². The van der Waals surface area contributed by atoms with Gasteiger partial charge >= 0.3 is 6.03 Å². The molecule has 3 aromatic rings. The van der Waals surface area contributed by atoms with Crippen molar-refractivity contribution in [1.82, 2.24) is 19.6 Å². The standard InChI is InChI=1S/C23H24N4O3/c1-4-6-16-9-11-17(12-10-16)23(3)21(29)26(22(30)25-23)14-18-13-20(28)27-15(2)7-5-8-19(27)24-18/h5,7-13H,4,6,14H2,1-3H3,(H,25,30). The summed E-state index contributed by atoms with van der Waals surface area (Å²) in [5.41, 5.74) is 2.15. The van der Waals surface area contributed by atoms with Crippen LogP contribution in [0.5, 0.6) is 0 Å². The fourth-order valence-corrected chi connectivity index (χ4v) is 3.94. The number of nitrogens with one attached hydrogen (secondary N) is 1. The maximum Gasteiger partial charge on any atom is 0.325 e. The van der Waals surface area contributed by atoms with Crippen LogP contribution >= 0.6 is 0 Å². The topological polar surface area (TPSA) is 83.8 Å². The van der Waals surface area contributed by atoms with Gasteiger partial charge in [0.15, 0.2) is 0 Å². The van der Waals surface area contributed by atoms with Crippen LogP contribution in [-0.2, 0) is 23.3 Å². The van der Waals surface area contributed by atoms with Gasteiger partial charge < -0.3 is 5.32 Å². The monoisotopic (exact) mass is 404 g/mol. The van der Waals surface area contributed by atoms with E-state index in [0.717, 1.165) is 29.0 Å². The number of urea groups is 1. The van der Waals surface area contributed by atoms with Crippen LogP contribution in [0.15, 0.2) is 53.3 Å². The van der Waals surface area contributed by atoms with Crippen LogP contribution in [0.3, 0.4) is 0 Å². The summed E-state index contributed by atoms with van der Waals surface area (Å²) in [5, 5.41) is 2.81. The normalized spacial score (nSPS) is 18.8. The van der Waals surface area contributed by atoms with Crippen LogP contribution in [0.4, 0.5) is 4.79 Å². The summed E-state index contributed by atoms with van der Waals surface area (Å²) in [4.78, 5) is 43.9. The number of nitrogens with zero attached hydrogens (tertiary/aromatic N) is 3. The third-order valence-corrected chi connectivity index (χ3v) is 5.60. The average Bonchev–Trinajstić information content (AvgIpc) is 2.92. The third-order valence-electron chi connectivity index (χ3n) is 5.60. The first-order valence-electron chi connectivity index (χ1n) is 10.1. The van der Waals surface area contributed by atoms with Crippen molar-refractivity contribution in [2.75, 3.05) is 0 Å². The molecule has 1 N–H and O–H groups in total. The minimum absolute atomic E-state index is 0.0616. The number of pyridine rings is 1. The number of aryl methyl sites for hydroxylation is 2. The van der Waals surface area contributed by atoms with Crippen molar-refractivity contribution in [3.05, 3.63) is 81.4 Å². The first-order chi connectivity index (χ1) is 14.3. The Bertz CT molecular complexity index is 1200. The zero-order valence-electron chi connectivity index (χ0n) is 17.3. The van der Waals surface area contributed by atoms with Crippen molar-refractivity contribution < 1.29 is 9.59 Å². The predicted molar refractivity (Wildman–Crippen MR) is 113 cm³/mol. The first-order valence-corrected chi connectivity index (χ1v) is 10.1. The van der Waals surface area contributed by atoms with Gasteiger partial charge in [-0.2, -0.15) is 0 Å². The van der Waals surface area contributed by atoms with E-state index in [1.807, 2.05) is 43.3 Å². The van der Waals surface area contributed by atoms with Crippen molar-refractivity contribution >= 4 is 17.6 Å². The van der Waals surface area contributed by atoms with Crippen LogP contribution in [0, 0.1) is 6.92 Å². The van der Waals surface area contributed by atoms with E-state index in [1.165, 1.54) is 16.0 Å². The summed E-state index contributed by atoms with van der Waals surface area (Å²) >= 11 is 0. The molecule has 0 aliphatic carbocycles. The lowest BCUT2D eigenvalue weighted by atomic mass is 9.91. The van der Waals surface area contributed by atoms with Crippen LogP contribution in [0.1, 0.15) is 42.8 Å². The predicted octanol–water partition coefficient (Wildman–Crippen LogP) is 2.92. The van der Waals surface area contributed by atoms with Gasteiger partial charge in [-0.05, 0) is 43.5 Å². The molecule has 3 heterocycles. The summed E-state index contributed by atoms with van der Waals surface area (Å²) in [6.07, 6.45) is 2.00. The molecule has 7 heteroatoms. The average molecular weight is 404 g/mol. The molecule has 0 bridgehead atoms. The summed E-state index contributed by atoms with van der Waals surface area (Å²) in [5.74, 6) is -0.359. The highest BCUT2D eigenvalue weighted by molar-refractivity contribution is 6.07. The Morgan fingerprint density at radius 1 is 1.07 bits per heavy atom. The number of imide groups is 1. The fraction of sp³-hybridized carbons (Fsp3) is 0.304. The minimum atomic E-state index is -1.15. The van der Waals surface area contributed by atoms with E-state index >= 15 is 0 Å². The van der Waals surface area contributed by atoms with Gasteiger partial charge in [-0.3, -0.25) is 18.9 Å². The van der Waals surface area contributed by atoms with Crippen LogP contribution < -0.4 is 10.9 Å². The maximum absolute atomic E-state index is 13.2. The Morgan fingerprint density at radius 2 is 1.80 bits per heavy atom. The number of aromatic nitrogens is 2. The van der Waals surface area contributed by atoms with Gasteiger partial charge in [0.2, 0.25) is 0 Å². The molecule has 1 unspecified atom stereocenters. The number of rotatable bonds is 5. The van der Waals surface area contributed by atoms with E-state index in [4.69, 9.17) is 0 Å². The van der Waals surface area contributed by atoms with Crippen molar-refractivity contribution in [2.45, 2.75) is 45.7 Å². The molecule has 154 valence electrons. The molecule has 0 saturated carbocycles. The van der Waals surface area contributed by atoms with Crippen LogP contribution in [0.25, 0.3) is 5.65 Å². The molecular weight excluding hydrogens is 380 g/mol. The second-order valence-corrected chi connectivity index (χ2v) is 7.84.